The van der Waals surface area contributed by atoms with Gasteiger partial charge < -0.3 is 20.7 Å². The van der Waals surface area contributed by atoms with E-state index in [4.69, 9.17) is 10.5 Å². The van der Waals surface area contributed by atoms with E-state index >= 15 is 0 Å². The van der Waals surface area contributed by atoms with Crippen LogP contribution in [0.1, 0.15) is 31.7 Å². The molecule has 0 spiro atoms. The number of nitrogens with one attached hydrogen (secondary N) is 1. The number of likely N-dealkylation sites (tertiary alicyclic amines) is 1. The molecule has 1 aliphatic rings. The number of hydrogen-bond donors (Lipinski definition) is 2. The number of carbonyl (C=O) groups excluding carboxylic acids is 2. The average molecular weight is 319 g/mol. The molecule has 0 unspecified atom stereocenters. The quantitative estimate of drug-likeness (QED) is 0.802. The summed E-state index contributed by atoms with van der Waals surface area (Å²) in [5.74, 6) is 0.432. The SMILES string of the molecule is CCCOc1ccc(CCNC(=O)N2CCC[C@@H]2C(N)=O)cc1. The number of hydrogen-bond acceptors (Lipinski definition) is 3. The maximum atomic E-state index is 12.1. The van der Waals surface area contributed by atoms with E-state index in [2.05, 4.69) is 12.2 Å². The number of benzene rings is 1. The Labute approximate surface area is 137 Å². The molecule has 1 fully saturated rings. The first-order chi connectivity index (χ1) is 11.1. The minimum Gasteiger partial charge on any atom is -0.494 e. The second-order valence-electron chi connectivity index (χ2n) is 5.73. The monoisotopic (exact) mass is 319 g/mol. The van der Waals surface area contributed by atoms with Crippen LogP contribution in [0.4, 0.5) is 4.79 Å². The van der Waals surface area contributed by atoms with Crippen molar-refractivity contribution >= 4 is 11.9 Å². The normalized spacial score (nSPS) is 17.1. The Bertz CT molecular complexity index is 530. The van der Waals surface area contributed by atoms with E-state index in [0.29, 0.717) is 26.1 Å². The van der Waals surface area contributed by atoms with Crippen LogP contribution in [0, 0.1) is 0 Å². The highest BCUT2D eigenvalue weighted by Gasteiger charge is 2.32. The first kappa shape index (κ1) is 17.1. The van der Waals surface area contributed by atoms with Crippen molar-refractivity contribution in [2.45, 2.75) is 38.6 Å². The van der Waals surface area contributed by atoms with Gasteiger partial charge in [-0.05, 0) is 43.4 Å². The number of primary amides is 1. The third-order valence-electron chi connectivity index (χ3n) is 3.93. The van der Waals surface area contributed by atoms with Gasteiger partial charge in [0.1, 0.15) is 11.8 Å². The molecule has 6 nitrogen and oxygen atoms in total. The fraction of sp³-hybridized carbons (Fsp3) is 0.529. The first-order valence-electron chi connectivity index (χ1n) is 8.17. The zero-order valence-corrected chi connectivity index (χ0v) is 13.6. The summed E-state index contributed by atoms with van der Waals surface area (Å²) >= 11 is 0. The van der Waals surface area contributed by atoms with Crippen molar-refractivity contribution in [1.29, 1.82) is 0 Å². The van der Waals surface area contributed by atoms with Gasteiger partial charge in [-0.25, -0.2) is 4.79 Å². The van der Waals surface area contributed by atoms with Gasteiger partial charge in [-0.1, -0.05) is 19.1 Å². The number of carbonyl (C=O) groups is 2. The molecule has 6 heteroatoms. The van der Waals surface area contributed by atoms with Crippen LogP contribution in [0.2, 0.25) is 0 Å². The maximum Gasteiger partial charge on any atom is 0.318 e. The highest BCUT2D eigenvalue weighted by Crippen LogP contribution is 2.17. The van der Waals surface area contributed by atoms with Gasteiger partial charge >= 0.3 is 6.03 Å². The van der Waals surface area contributed by atoms with E-state index in [1.807, 2.05) is 24.3 Å². The molecular formula is C17H25N3O3. The third kappa shape index (κ3) is 4.87. The van der Waals surface area contributed by atoms with Crippen molar-refractivity contribution < 1.29 is 14.3 Å². The van der Waals surface area contributed by atoms with Crippen molar-refractivity contribution in [3.63, 3.8) is 0 Å². The molecule has 1 aromatic carbocycles. The molecule has 3 N–H and O–H groups in total. The smallest absolute Gasteiger partial charge is 0.318 e. The second kappa shape index (κ2) is 8.41. The topological polar surface area (TPSA) is 84.7 Å². The van der Waals surface area contributed by atoms with Gasteiger partial charge in [0.05, 0.1) is 6.61 Å². The molecule has 126 valence electrons. The largest absolute Gasteiger partial charge is 0.494 e. The van der Waals surface area contributed by atoms with Crippen molar-refractivity contribution in [1.82, 2.24) is 10.2 Å². The van der Waals surface area contributed by atoms with Gasteiger partial charge in [0.15, 0.2) is 0 Å². The van der Waals surface area contributed by atoms with Crippen LogP contribution < -0.4 is 15.8 Å². The first-order valence-corrected chi connectivity index (χ1v) is 8.17. The predicted octanol–water partition coefficient (Wildman–Crippen LogP) is 1.68. The zero-order chi connectivity index (χ0) is 16.7. The van der Waals surface area contributed by atoms with Crippen molar-refractivity contribution in [3.8, 4) is 5.75 Å². The molecule has 1 heterocycles. The highest BCUT2D eigenvalue weighted by atomic mass is 16.5. The maximum absolute atomic E-state index is 12.1. The average Bonchev–Trinajstić information content (AvgIpc) is 3.04. The fourth-order valence-electron chi connectivity index (χ4n) is 2.69. The van der Waals surface area contributed by atoms with E-state index in [1.54, 1.807) is 0 Å². The van der Waals surface area contributed by atoms with E-state index in [1.165, 1.54) is 4.90 Å². The van der Waals surface area contributed by atoms with Gasteiger partial charge in [-0.15, -0.1) is 0 Å². The Kier molecular flexibility index (Phi) is 6.26. The molecule has 3 amide bonds. The second-order valence-corrected chi connectivity index (χ2v) is 5.73. The number of amides is 3. The van der Waals surface area contributed by atoms with Crippen LogP contribution in [0.15, 0.2) is 24.3 Å². The van der Waals surface area contributed by atoms with Crippen LogP contribution >= 0.6 is 0 Å². The van der Waals surface area contributed by atoms with Gasteiger partial charge in [0, 0.05) is 13.1 Å². The van der Waals surface area contributed by atoms with Crippen molar-refractivity contribution in [3.05, 3.63) is 29.8 Å². The molecular weight excluding hydrogens is 294 g/mol. The zero-order valence-electron chi connectivity index (χ0n) is 13.6. The van der Waals surface area contributed by atoms with Gasteiger partial charge in [0.25, 0.3) is 0 Å². The number of urea groups is 1. The highest BCUT2D eigenvalue weighted by molar-refractivity contribution is 5.86. The molecule has 0 radical (unpaired) electrons. The summed E-state index contributed by atoms with van der Waals surface area (Å²) in [5, 5.41) is 2.85. The molecule has 0 saturated carbocycles. The Hall–Kier alpha value is -2.24. The summed E-state index contributed by atoms with van der Waals surface area (Å²) in [7, 11) is 0. The molecule has 23 heavy (non-hydrogen) atoms. The Morgan fingerprint density at radius 3 is 2.74 bits per heavy atom. The number of nitrogens with two attached hydrogens (primary N) is 1. The number of rotatable bonds is 7. The van der Waals surface area contributed by atoms with Gasteiger partial charge in [0.2, 0.25) is 5.91 Å². The van der Waals surface area contributed by atoms with Crippen molar-refractivity contribution in [2.75, 3.05) is 19.7 Å². The van der Waals surface area contributed by atoms with Gasteiger partial charge in [-0.3, -0.25) is 4.79 Å². The van der Waals surface area contributed by atoms with Crippen LogP contribution in [0.25, 0.3) is 0 Å². The Morgan fingerprint density at radius 2 is 2.09 bits per heavy atom. The van der Waals surface area contributed by atoms with Crippen LogP contribution in [0.5, 0.6) is 5.75 Å². The molecule has 2 rings (SSSR count). The predicted molar refractivity (Wildman–Crippen MR) is 88.3 cm³/mol. The van der Waals surface area contributed by atoms with E-state index in [-0.39, 0.29) is 6.03 Å². The molecule has 0 aliphatic carbocycles. The third-order valence-corrected chi connectivity index (χ3v) is 3.93. The lowest BCUT2D eigenvalue weighted by Crippen LogP contribution is -2.48. The summed E-state index contributed by atoms with van der Waals surface area (Å²) in [6.45, 7) is 3.89. The molecule has 0 bridgehead atoms. The minimum absolute atomic E-state index is 0.214. The molecule has 1 aliphatic heterocycles. The minimum atomic E-state index is -0.468. The summed E-state index contributed by atoms with van der Waals surface area (Å²) in [6.07, 6.45) is 3.19. The number of ether oxygens (including phenoxy) is 1. The van der Waals surface area contributed by atoms with Gasteiger partial charge in [-0.2, -0.15) is 0 Å². The lowest BCUT2D eigenvalue weighted by Gasteiger charge is -2.22. The molecule has 1 saturated heterocycles. The molecule has 1 aromatic rings. The van der Waals surface area contributed by atoms with E-state index < -0.39 is 11.9 Å². The number of nitrogens with zero attached hydrogens (tertiary/aromatic N) is 1. The Balaban J connectivity index is 1.76. The summed E-state index contributed by atoms with van der Waals surface area (Å²) in [5.41, 5.74) is 6.45. The molecule has 0 aromatic heterocycles. The standard InChI is InChI=1S/C17H25N3O3/c1-2-12-23-14-7-5-13(6-8-14)9-10-19-17(22)20-11-3-4-15(20)16(18)21/h5-8,15H,2-4,9-12H2,1H3,(H2,18,21)(H,19,22)/t15-/m1/s1. The molecule has 1 atom stereocenters. The van der Waals surface area contributed by atoms with Crippen LogP contribution in [0.3, 0.4) is 0 Å². The lowest BCUT2D eigenvalue weighted by molar-refractivity contribution is -0.121. The Morgan fingerprint density at radius 1 is 1.35 bits per heavy atom. The lowest BCUT2D eigenvalue weighted by atomic mass is 10.1. The summed E-state index contributed by atoms with van der Waals surface area (Å²) in [4.78, 5) is 24.9. The summed E-state index contributed by atoms with van der Waals surface area (Å²) in [6, 6.07) is 7.20. The van der Waals surface area contributed by atoms with E-state index in [9.17, 15) is 9.59 Å². The summed E-state index contributed by atoms with van der Waals surface area (Å²) < 4.78 is 5.53. The van der Waals surface area contributed by atoms with E-state index in [0.717, 1.165) is 30.6 Å². The van der Waals surface area contributed by atoms with Crippen LogP contribution in [-0.4, -0.2) is 42.6 Å². The van der Waals surface area contributed by atoms with Crippen molar-refractivity contribution in [2.24, 2.45) is 5.73 Å². The van der Waals surface area contributed by atoms with Crippen LogP contribution in [-0.2, 0) is 11.2 Å². The fourth-order valence-corrected chi connectivity index (χ4v) is 2.69.